The molecule has 0 heterocycles. The lowest BCUT2D eigenvalue weighted by atomic mass is 10.2. The summed E-state index contributed by atoms with van der Waals surface area (Å²) in [6, 6.07) is 5.03. The molecule has 0 aliphatic carbocycles. The maximum atomic E-state index is 11.8. The number of halogens is 2. The largest absolute Gasteiger partial charge is 0.383 e. The summed E-state index contributed by atoms with van der Waals surface area (Å²) in [4.78, 5) is 11.8. The Balaban J connectivity index is 2.73. The number of rotatable bonds is 4. The van der Waals surface area contributed by atoms with Gasteiger partial charge in [0.15, 0.2) is 0 Å². The van der Waals surface area contributed by atoms with Gasteiger partial charge in [-0.3, -0.25) is 4.79 Å². The molecule has 1 aromatic rings. The molecule has 0 aromatic heterocycles. The number of methoxy groups -OCH3 is 1. The summed E-state index contributed by atoms with van der Waals surface area (Å²) >= 11 is 9.10. The van der Waals surface area contributed by atoms with Crippen molar-refractivity contribution in [3.8, 4) is 0 Å². The Kier molecular flexibility index (Phi) is 5.25. The van der Waals surface area contributed by atoms with Gasteiger partial charge in [0, 0.05) is 22.6 Å². The minimum Gasteiger partial charge on any atom is -0.383 e. The van der Waals surface area contributed by atoms with Gasteiger partial charge in [-0.05, 0) is 41.1 Å². The maximum absolute atomic E-state index is 11.8. The smallest absolute Gasteiger partial charge is 0.252 e. The van der Waals surface area contributed by atoms with E-state index < -0.39 is 0 Å². The summed E-state index contributed by atoms with van der Waals surface area (Å²) in [5.74, 6) is -0.145. The van der Waals surface area contributed by atoms with Gasteiger partial charge in [-0.25, -0.2) is 0 Å². The molecule has 0 aliphatic heterocycles. The lowest BCUT2D eigenvalue weighted by molar-refractivity contribution is 0.0905. The van der Waals surface area contributed by atoms with Crippen LogP contribution in [0.4, 0.5) is 0 Å². The molecule has 16 heavy (non-hydrogen) atoms. The molecule has 3 nitrogen and oxygen atoms in total. The summed E-state index contributed by atoms with van der Waals surface area (Å²) in [6.07, 6.45) is 0. The topological polar surface area (TPSA) is 38.3 Å². The molecule has 1 atom stereocenters. The van der Waals surface area contributed by atoms with Crippen LogP contribution in [0, 0.1) is 0 Å². The molecule has 0 radical (unpaired) electrons. The van der Waals surface area contributed by atoms with Gasteiger partial charge in [-0.15, -0.1) is 0 Å². The van der Waals surface area contributed by atoms with Crippen LogP contribution < -0.4 is 5.32 Å². The Hall–Kier alpha value is -0.580. The van der Waals surface area contributed by atoms with Crippen molar-refractivity contribution in [2.24, 2.45) is 0 Å². The minimum atomic E-state index is -0.145. The molecular formula is C11H13BrClNO2. The van der Waals surface area contributed by atoms with E-state index in [9.17, 15) is 4.79 Å². The zero-order valence-electron chi connectivity index (χ0n) is 9.09. The zero-order chi connectivity index (χ0) is 12.1. The first-order valence-corrected chi connectivity index (χ1v) is 5.96. The fourth-order valence-electron chi connectivity index (χ4n) is 1.27. The second-order valence-electron chi connectivity index (χ2n) is 3.45. The van der Waals surface area contributed by atoms with E-state index in [-0.39, 0.29) is 11.9 Å². The molecule has 0 aliphatic rings. The highest BCUT2D eigenvalue weighted by atomic mass is 79.9. The van der Waals surface area contributed by atoms with Gasteiger partial charge in [0.2, 0.25) is 0 Å². The first-order chi connectivity index (χ1) is 7.54. The summed E-state index contributed by atoms with van der Waals surface area (Å²) in [5, 5.41) is 3.41. The van der Waals surface area contributed by atoms with Crippen molar-refractivity contribution >= 4 is 33.4 Å². The van der Waals surface area contributed by atoms with Gasteiger partial charge in [-0.1, -0.05) is 11.6 Å². The Morgan fingerprint density at radius 1 is 1.62 bits per heavy atom. The highest BCUT2D eigenvalue weighted by Gasteiger charge is 2.12. The molecule has 1 aromatic carbocycles. The van der Waals surface area contributed by atoms with Gasteiger partial charge >= 0.3 is 0 Å². The number of ether oxygens (including phenoxy) is 1. The van der Waals surface area contributed by atoms with Gasteiger partial charge in [0.25, 0.3) is 5.91 Å². The maximum Gasteiger partial charge on any atom is 0.252 e. The third kappa shape index (κ3) is 3.77. The number of hydrogen-bond donors (Lipinski definition) is 1. The van der Waals surface area contributed by atoms with Crippen molar-refractivity contribution in [2.45, 2.75) is 13.0 Å². The van der Waals surface area contributed by atoms with E-state index in [2.05, 4.69) is 21.2 Å². The third-order valence-corrected chi connectivity index (χ3v) is 2.86. The Morgan fingerprint density at radius 3 is 2.88 bits per heavy atom. The van der Waals surface area contributed by atoms with E-state index in [1.807, 2.05) is 6.92 Å². The first kappa shape index (κ1) is 13.5. The van der Waals surface area contributed by atoms with Crippen molar-refractivity contribution in [3.05, 3.63) is 33.3 Å². The van der Waals surface area contributed by atoms with Crippen molar-refractivity contribution in [1.82, 2.24) is 5.32 Å². The average molecular weight is 307 g/mol. The van der Waals surface area contributed by atoms with Gasteiger partial charge < -0.3 is 10.1 Å². The van der Waals surface area contributed by atoms with Crippen LogP contribution in [-0.2, 0) is 4.74 Å². The van der Waals surface area contributed by atoms with Crippen LogP contribution in [0.2, 0.25) is 5.02 Å². The molecule has 1 amide bonds. The second kappa shape index (κ2) is 6.23. The number of nitrogens with one attached hydrogen (secondary N) is 1. The number of carbonyl (C=O) groups excluding carboxylic acids is 1. The predicted octanol–water partition coefficient (Wildman–Crippen LogP) is 2.87. The van der Waals surface area contributed by atoms with Gasteiger partial charge in [0.05, 0.1) is 12.2 Å². The number of benzene rings is 1. The SMILES string of the molecule is COCC(C)NC(=O)c1ccc(Cl)cc1Br. The average Bonchev–Trinajstić information content (AvgIpc) is 2.17. The van der Waals surface area contributed by atoms with Crippen LogP contribution in [-0.4, -0.2) is 25.7 Å². The number of hydrogen-bond acceptors (Lipinski definition) is 2. The third-order valence-electron chi connectivity index (χ3n) is 1.97. The Bertz CT molecular complexity index is 384. The summed E-state index contributed by atoms with van der Waals surface area (Å²) in [6.45, 7) is 2.36. The van der Waals surface area contributed by atoms with Gasteiger partial charge in [0.1, 0.15) is 0 Å². The number of amides is 1. The van der Waals surface area contributed by atoms with Crippen LogP contribution in [0.3, 0.4) is 0 Å². The molecule has 0 spiro atoms. The van der Waals surface area contributed by atoms with E-state index in [4.69, 9.17) is 16.3 Å². The molecule has 0 fully saturated rings. The van der Waals surface area contributed by atoms with Crippen LogP contribution in [0.5, 0.6) is 0 Å². The predicted molar refractivity (Wildman–Crippen MR) is 68.0 cm³/mol. The summed E-state index contributed by atoms with van der Waals surface area (Å²) < 4.78 is 5.62. The molecular weight excluding hydrogens is 293 g/mol. The van der Waals surface area contributed by atoms with Crippen molar-refractivity contribution in [1.29, 1.82) is 0 Å². The standard InChI is InChI=1S/C11H13BrClNO2/c1-7(6-16-2)14-11(15)9-4-3-8(13)5-10(9)12/h3-5,7H,6H2,1-2H3,(H,14,15). The van der Waals surface area contributed by atoms with E-state index in [0.717, 1.165) is 0 Å². The molecule has 5 heteroatoms. The number of carbonyl (C=O) groups is 1. The molecule has 0 bridgehead atoms. The van der Waals surface area contributed by atoms with Crippen LogP contribution in [0.15, 0.2) is 22.7 Å². The fourth-order valence-corrected chi connectivity index (χ4v) is 2.13. The quantitative estimate of drug-likeness (QED) is 0.929. The Labute approximate surface area is 108 Å². The molecule has 88 valence electrons. The molecule has 1 rings (SSSR count). The first-order valence-electron chi connectivity index (χ1n) is 4.79. The monoisotopic (exact) mass is 305 g/mol. The zero-order valence-corrected chi connectivity index (χ0v) is 11.4. The molecule has 1 N–H and O–H groups in total. The van der Waals surface area contributed by atoms with E-state index in [0.29, 0.717) is 21.7 Å². The lowest BCUT2D eigenvalue weighted by Gasteiger charge is -2.13. The fraction of sp³-hybridized carbons (Fsp3) is 0.364. The lowest BCUT2D eigenvalue weighted by Crippen LogP contribution is -2.35. The normalized spacial score (nSPS) is 12.2. The molecule has 0 saturated carbocycles. The highest BCUT2D eigenvalue weighted by Crippen LogP contribution is 2.21. The van der Waals surface area contributed by atoms with Crippen molar-refractivity contribution in [2.75, 3.05) is 13.7 Å². The minimum absolute atomic E-state index is 0.0277. The van der Waals surface area contributed by atoms with Crippen molar-refractivity contribution in [3.63, 3.8) is 0 Å². The van der Waals surface area contributed by atoms with E-state index >= 15 is 0 Å². The summed E-state index contributed by atoms with van der Waals surface area (Å²) in [5.41, 5.74) is 0.562. The Morgan fingerprint density at radius 2 is 2.31 bits per heavy atom. The van der Waals surface area contributed by atoms with Crippen molar-refractivity contribution < 1.29 is 9.53 Å². The van der Waals surface area contributed by atoms with E-state index in [1.54, 1.807) is 25.3 Å². The van der Waals surface area contributed by atoms with Gasteiger partial charge in [-0.2, -0.15) is 0 Å². The van der Waals surface area contributed by atoms with E-state index in [1.165, 1.54) is 0 Å². The molecule has 1 unspecified atom stereocenters. The molecule has 0 saturated heterocycles. The van der Waals surface area contributed by atoms with Crippen LogP contribution in [0.25, 0.3) is 0 Å². The van der Waals surface area contributed by atoms with Crippen LogP contribution in [0.1, 0.15) is 17.3 Å². The highest BCUT2D eigenvalue weighted by molar-refractivity contribution is 9.10. The summed E-state index contributed by atoms with van der Waals surface area (Å²) in [7, 11) is 1.60. The van der Waals surface area contributed by atoms with Crippen LogP contribution >= 0.6 is 27.5 Å². The second-order valence-corrected chi connectivity index (χ2v) is 4.74.